The lowest BCUT2D eigenvalue weighted by Crippen LogP contribution is -2.36. The second-order valence-electron chi connectivity index (χ2n) is 5.87. The number of halogens is 1. The molecule has 0 bridgehead atoms. The number of ether oxygens (including phenoxy) is 1. The summed E-state index contributed by atoms with van der Waals surface area (Å²) in [5, 5.41) is 7.10. The molecule has 4 nitrogen and oxygen atoms in total. The molecule has 0 fully saturated rings. The van der Waals surface area contributed by atoms with Crippen molar-refractivity contribution in [1.29, 1.82) is 0 Å². The normalized spacial score (nSPS) is 13.0. The largest absolute Gasteiger partial charge is 0.497 e. The molecule has 0 unspecified atom stereocenters. The molecule has 1 aliphatic heterocycles. The minimum absolute atomic E-state index is 0.706. The number of nitrogens with zero attached hydrogens (tertiary/aromatic N) is 1. The second kappa shape index (κ2) is 6.95. The number of benzene rings is 2. The van der Waals surface area contributed by atoms with Crippen LogP contribution in [-0.2, 0) is 0 Å². The molecule has 0 atom stereocenters. The number of hydrogen-bond donors (Lipinski definition) is 3. The number of imidazole rings is 1. The number of nitrogens with one attached hydrogen (secondary N) is 2. The summed E-state index contributed by atoms with van der Waals surface area (Å²) in [7, 11) is 1.68. The van der Waals surface area contributed by atoms with Gasteiger partial charge in [0.1, 0.15) is 17.1 Å². The van der Waals surface area contributed by atoms with Crippen LogP contribution in [0.2, 0.25) is 5.02 Å². The summed E-state index contributed by atoms with van der Waals surface area (Å²) in [5.41, 5.74) is 5.12. The molecule has 0 amide bonds. The Balaban J connectivity index is 1.77. The molecule has 3 aromatic rings. The molecule has 132 valence electrons. The fraction of sp³-hybridized carbons (Fsp3) is 0.105. The Morgan fingerprint density at radius 3 is 2.65 bits per heavy atom. The lowest BCUT2D eigenvalue weighted by atomic mass is 10.2. The van der Waals surface area contributed by atoms with Crippen LogP contribution >= 0.6 is 36.0 Å². The molecule has 4 rings (SSSR count). The van der Waals surface area contributed by atoms with E-state index < -0.39 is 0 Å². The van der Waals surface area contributed by atoms with E-state index in [-0.39, 0.29) is 0 Å². The van der Waals surface area contributed by atoms with Crippen molar-refractivity contribution in [3.63, 3.8) is 0 Å². The molecule has 0 aliphatic carbocycles. The molecule has 0 spiro atoms. The summed E-state index contributed by atoms with van der Waals surface area (Å²) in [6.07, 6.45) is 0. The monoisotopic (exact) mass is 402 g/mol. The van der Waals surface area contributed by atoms with E-state index in [4.69, 9.17) is 16.3 Å². The van der Waals surface area contributed by atoms with E-state index in [2.05, 4.69) is 32.9 Å². The van der Waals surface area contributed by atoms with Crippen molar-refractivity contribution in [3.05, 3.63) is 64.3 Å². The lowest BCUT2D eigenvalue weighted by Gasteiger charge is -2.19. The molecule has 1 aromatic heterocycles. The number of aromatic amines is 1. The summed E-state index contributed by atoms with van der Waals surface area (Å²) in [6, 6.07) is 13.7. The Labute approximate surface area is 166 Å². The van der Waals surface area contributed by atoms with Crippen molar-refractivity contribution in [2.45, 2.75) is 17.0 Å². The predicted octanol–water partition coefficient (Wildman–Crippen LogP) is 5.07. The third-order valence-corrected chi connectivity index (χ3v) is 5.70. The summed E-state index contributed by atoms with van der Waals surface area (Å²) in [5.74, 6) is 0.849. The highest BCUT2D eigenvalue weighted by molar-refractivity contribution is 8.02. The van der Waals surface area contributed by atoms with Crippen molar-refractivity contribution >= 4 is 47.4 Å². The van der Waals surface area contributed by atoms with Gasteiger partial charge in [-0.2, -0.15) is 4.57 Å². The Morgan fingerprint density at radius 1 is 1.15 bits per heavy atom. The van der Waals surface area contributed by atoms with Gasteiger partial charge in [-0.1, -0.05) is 36.0 Å². The van der Waals surface area contributed by atoms with Crippen LogP contribution in [0.4, 0.5) is 5.69 Å². The van der Waals surface area contributed by atoms with Gasteiger partial charge in [0.05, 0.1) is 18.5 Å². The van der Waals surface area contributed by atoms with Gasteiger partial charge in [0, 0.05) is 22.2 Å². The van der Waals surface area contributed by atoms with Gasteiger partial charge >= 0.3 is 5.16 Å². The number of thiol groups is 1. The number of anilines is 1. The first kappa shape index (κ1) is 17.4. The number of aryl methyl sites for hydroxylation is 1. The van der Waals surface area contributed by atoms with Crippen molar-refractivity contribution in [3.8, 4) is 11.4 Å². The quantitative estimate of drug-likeness (QED) is 0.423. The van der Waals surface area contributed by atoms with Crippen molar-refractivity contribution in [1.82, 2.24) is 4.98 Å². The molecule has 0 saturated carbocycles. The van der Waals surface area contributed by atoms with Crippen molar-refractivity contribution in [2.24, 2.45) is 0 Å². The molecule has 2 heterocycles. The van der Waals surface area contributed by atoms with Crippen LogP contribution in [0.25, 0.3) is 11.4 Å². The number of methoxy groups -OCH3 is 1. The van der Waals surface area contributed by atoms with Crippen LogP contribution in [-0.4, -0.2) is 12.1 Å². The van der Waals surface area contributed by atoms with Gasteiger partial charge in [-0.15, -0.1) is 0 Å². The number of hydrogen-bond acceptors (Lipinski definition) is 4. The SMILES string of the molecule is COc1ccc2c(c1)SC=C(c1c(C)[nH]c(S)[n+]1-c1ccc(Cl)cc1)N2. The first-order chi connectivity index (χ1) is 12.6. The molecule has 1 aliphatic rings. The zero-order valence-electron chi connectivity index (χ0n) is 14.2. The number of fused-ring (bicyclic) bond motifs is 1. The molecule has 2 aromatic carbocycles. The van der Waals surface area contributed by atoms with E-state index >= 15 is 0 Å². The Bertz CT molecular complexity index is 1010. The summed E-state index contributed by atoms with van der Waals surface area (Å²) < 4.78 is 7.38. The maximum atomic E-state index is 6.04. The van der Waals surface area contributed by atoms with E-state index in [0.29, 0.717) is 5.02 Å². The fourth-order valence-electron chi connectivity index (χ4n) is 2.96. The minimum atomic E-state index is 0.706. The van der Waals surface area contributed by atoms with Crippen molar-refractivity contribution < 1.29 is 9.30 Å². The Kier molecular flexibility index (Phi) is 4.65. The zero-order valence-corrected chi connectivity index (χ0v) is 16.7. The number of H-pyrrole nitrogens is 1. The van der Waals surface area contributed by atoms with Crippen LogP contribution in [0.15, 0.2) is 57.9 Å². The average molecular weight is 403 g/mol. The van der Waals surface area contributed by atoms with Crippen LogP contribution < -0.4 is 14.6 Å². The topological polar surface area (TPSA) is 40.9 Å². The molecule has 7 heteroatoms. The Morgan fingerprint density at radius 2 is 1.92 bits per heavy atom. The van der Waals surface area contributed by atoms with Gasteiger partial charge in [-0.05, 0) is 42.5 Å². The highest BCUT2D eigenvalue weighted by Gasteiger charge is 2.27. The summed E-state index contributed by atoms with van der Waals surface area (Å²) >= 11 is 12.3. The number of aromatic nitrogens is 2. The second-order valence-corrected chi connectivity index (χ2v) is 7.64. The average Bonchev–Trinajstić information content (AvgIpc) is 2.95. The molecule has 0 radical (unpaired) electrons. The maximum Gasteiger partial charge on any atom is 0.318 e. The third-order valence-electron chi connectivity index (χ3n) is 4.19. The van der Waals surface area contributed by atoms with Crippen LogP contribution in [0, 0.1) is 6.92 Å². The lowest BCUT2D eigenvalue weighted by molar-refractivity contribution is -0.637. The van der Waals surface area contributed by atoms with E-state index in [1.165, 1.54) is 0 Å². The van der Waals surface area contributed by atoms with Crippen LogP contribution in [0.3, 0.4) is 0 Å². The van der Waals surface area contributed by atoms with Gasteiger partial charge in [-0.25, -0.2) is 4.98 Å². The molecule has 0 saturated heterocycles. The van der Waals surface area contributed by atoms with E-state index in [9.17, 15) is 0 Å². The number of thioether (sulfide) groups is 1. The zero-order chi connectivity index (χ0) is 18.3. The van der Waals surface area contributed by atoms with Crippen LogP contribution in [0.5, 0.6) is 5.75 Å². The highest BCUT2D eigenvalue weighted by atomic mass is 35.5. The van der Waals surface area contributed by atoms with Crippen molar-refractivity contribution in [2.75, 3.05) is 12.4 Å². The highest BCUT2D eigenvalue weighted by Crippen LogP contribution is 2.39. The van der Waals surface area contributed by atoms with Gasteiger partial charge in [0.25, 0.3) is 0 Å². The third kappa shape index (κ3) is 3.09. The van der Waals surface area contributed by atoms with Gasteiger partial charge in [0.15, 0.2) is 5.69 Å². The van der Waals surface area contributed by atoms with Gasteiger partial charge < -0.3 is 10.1 Å². The molecular weight excluding hydrogens is 386 g/mol. The Hall–Kier alpha value is -2.02. The predicted molar refractivity (Wildman–Crippen MR) is 110 cm³/mol. The van der Waals surface area contributed by atoms with E-state index in [1.54, 1.807) is 18.9 Å². The molecular formula is C19H17ClN3OS2+. The fourth-order valence-corrected chi connectivity index (χ4v) is 4.32. The maximum absolute atomic E-state index is 6.04. The smallest absolute Gasteiger partial charge is 0.318 e. The van der Waals surface area contributed by atoms with E-state index in [1.807, 2.05) is 49.4 Å². The number of rotatable bonds is 3. The van der Waals surface area contributed by atoms with E-state index in [0.717, 1.165) is 44.3 Å². The summed E-state index contributed by atoms with van der Waals surface area (Å²) in [6.45, 7) is 2.04. The summed E-state index contributed by atoms with van der Waals surface area (Å²) in [4.78, 5) is 4.44. The standard InChI is InChI=1S/C19H16ClN3OS2/c1-11-18(23(19(25)21-11)13-5-3-12(20)4-6-13)16-10-26-17-9-14(24-2)7-8-15(17)22-16/h3-10,22H,1-2H3,(H,21,25)/p+1. The first-order valence-corrected chi connectivity index (χ1v) is 9.69. The van der Waals surface area contributed by atoms with Crippen LogP contribution in [0.1, 0.15) is 11.4 Å². The van der Waals surface area contributed by atoms with Gasteiger partial charge in [-0.3, -0.25) is 0 Å². The minimum Gasteiger partial charge on any atom is -0.497 e. The van der Waals surface area contributed by atoms with Gasteiger partial charge in [0.2, 0.25) is 0 Å². The molecule has 26 heavy (non-hydrogen) atoms. The first-order valence-electron chi connectivity index (χ1n) is 7.98. The molecule has 2 N–H and O–H groups in total.